The molecular formula is C14H16N6O. The van der Waals surface area contributed by atoms with Gasteiger partial charge in [-0.2, -0.15) is 0 Å². The first-order chi connectivity index (χ1) is 10.1. The third-order valence-electron chi connectivity index (χ3n) is 3.05. The van der Waals surface area contributed by atoms with Crippen LogP contribution in [-0.2, 0) is 6.54 Å². The molecule has 21 heavy (non-hydrogen) atoms. The average molecular weight is 284 g/mol. The van der Waals surface area contributed by atoms with E-state index < -0.39 is 0 Å². The fourth-order valence-electron chi connectivity index (χ4n) is 1.95. The smallest absolute Gasteiger partial charge is 0.247 e. The van der Waals surface area contributed by atoms with E-state index in [1.165, 1.54) is 0 Å². The Morgan fingerprint density at radius 2 is 2.14 bits per heavy atom. The highest BCUT2D eigenvalue weighted by Gasteiger charge is 2.11. The summed E-state index contributed by atoms with van der Waals surface area (Å²) in [4.78, 5) is 0. The Morgan fingerprint density at radius 1 is 1.29 bits per heavy atom. The average Bonchev–Trinajstić information content (AvgIpc) is 3.08. The molecule has 0 bridgehead atoms. The summed E-state index contributed by atoms with van der Waals surface area (Å²) >= 11 is 0. The Bertz CT molecular complexity index is 745. The summed E-state index contributed by atoms with van der Waals surface area (Å²) in [5.41, 5.74) is 8.53. The third-order valence-corrected chi connectivity index (χ3v) is 3.05. The minimum atomic E-state index is -0.149. The quantitative estimate of drug-likeness (QED) is 0.783. The molecule has 7 nitrogen and oxygen atoms in total. The number of benzene rings is 1. The second-order valence-corrected chi connectivity index (χ2v) is 5.00. The zero-order valence-electron chi connectivity index (χ0n) is 11.9. The lowest BCUT2D eigenvalue weighted by Gasteiger charge is -1.97. The number of aryl methyl sites for hydroxylation is 1. The molecule has 0 aliphatic carbocycles. The molecule has 1 aromatic carbocycles. The summed E-state index contributed by atoms with van der Waals surface area (Å²) in [6.07, 6.45) is 1.78. The van der Waals surface area contributed by atoms with Crippen molar-refractivity contribution < 1.29 is 4.42 Å². The molecule has 0 fully saturated rings. The molecule has 1 atom stereocenters. The van der Waals surface area contributed by atoms with Crippen molar-refractivity contribution in [2.24, 2.45) is 5.73 Å². The molecule has 0 spiro atoms. The van der Waals surface area contributed by atoms with E-state index in [2.05, 4.69) is 20.5 Å². The first-order valence-electron chi connectivity index (χ1n) is 6.67. The molecule has 0 radical (unpaired) electrons. The van der Waals surface area contributed by atoms with Crippen LogP contribution in [0.3, 0.4) is 0 Å². The summed E-state index contributed by atoms with van der Waals surface area (Å²) in [6.45, 7) is 4.25. The highest BCUT2D eigenvalue weighted by molar-refractivity contribution is 5.53. The summed E-state index contributed by atoms with van der Waals surface area (Å²) < 4.78 is 7.29. The van der Waals surface area contributed by atoms with Crippen LogP contribution in [0.15, 0.2) is 34.9 Å². The summed E-state index contributed by atoms with van der Waals surface area (Å²) in [6, 6.07) is 7.77. The molecule has 0 amide bonds. The molecule has 2 heterocycles. The van der Waals surface area contributed by atoms with Crippen LogP contribution in [0.4, 0.5) is 0 Å². The van der Waals surface area contributed by atoms with Gasteiger partial charge in [-0.25, -0.2) is 4.68 Å². The molecule has 7 heteroatoms. The lowest BCUT2D eigenvalue weighted by Crippen LogP contribution is -2.05. The topological polar surface area (TPSA) is 95.7 Å². The molecule has 3 aromatic rings. The van der Waals surface area contributed by atoms with Crippen molar-refractivity contribution in [3.8, 4) is 11.5 Å². The van der Waals surface area contributed by atoms with E-state index in [-0.39, 0.29) is 6.04 Å². The van der Waals surface area contributed by atoms with Crippen LogP contribution in [-0.4, -0.2) is 25.2 Å². The Labute approximate surface area is 121 Å². The largest absolute Gasteiger partial charge is 0.419 e. The number of nitrogens with zero attached hydrogens (tertiary/aromatic N) is 5. The molecule has 2 aromatic heterocycles. The SMILES string of the molecule is Cc1cccc(-c2nnc(Cn3cc(C(C)N)nn3)o2)c1. The van der Waals surface area contributed by atoms with Gasteiger partial charge in [0.1, 0.15) is 6.54 Å². The van der Waals surface area contributed by atoms with Crippen LogP contribution in [0.5, 0.6) is 0 Å². The first kappa shape index (κ1) is 13.4. The Hall–Kier alpha value is -2.54. The molecule has 108 valence electrons. The number of hydrogen-bond acceptors (Lipinski definition) is 6. The molecular weight excluding hydrogens is 268 g/mol. The van der Waals surface area contributed by atoms with Crippen molar-refractivity contribution in [1.82, 2.24) is 25.2 Å². The van der Waals surface area contributed by atoms with E-state index in [1.807, 2.05) is 38.1 Å². The Kier molecular flexibility index (Phi) is 3.49. The van der Waals surface area contributed by atoms with Gasteiger partial charge in [0.25, 0.3) is 0 Å². The number of nitrogens with two attached hydrogens (primary N) is 1. The van der Waals surface area contributed by atoms with Gasteiger partial charge in [-0.3, -0.25) is 0 Å². The standard InChI is InChI=1S/C14H16N6O/c1-9-4-3-5-11(6-9)14-18-17-13(21-14)8-20-7-12(10(2)15)16-19-20/h3-7,10H,8,15H2,1-2H3. The Morgan fingerprint density at radius 3 is 2.86 bits per heavy atom. The van der Waals surface area contributed by atoms with Crippen LogP contribution in [0.1, 0.15) is 30.1 Å². The summed E-state index contributed by atoms with van der Waals surface area (Å²) in [5, 5.41) is 16.1. The molecule has 0 aliphatic heterocycles. The van der Waals surface area contributed by atoms with Crippen LogP contribution in [0, 0.1) is 6.92 Å². The van der Waals surface area contributed by atoms with Crippen molar-refractivity contribution >= 4 is 0 Å². The van der Waals surface area contributed by atoms with Crippen molar-refractivity contribution in [2.75, 3.05) is 0 Å². The van der Waals surface area contributed by atoms with Crippen molar-refractivity contribution in [3.63, 3.8) is 0 Å². The normalized spacial score (nSPS) is 12.5. The number of rotatable bonds is 4. The van der Waals surface area contributed by atoms with Gasteiger partial charge in [0.2, 0.25) is 11.8 Å². The van der Waals surface area contributed by atoms with Gasteiger partial charge in [-0.05, 0) is 26.0 Å². The number of hydrogen-bond donors (Lipinski definition) is 1. The van der Waals surface area contributed by atoms with Crippen LogP contribution < -0.4 is 5.73 Å². The van der Waals surface area contributed by atoms with E-state index in [1.54, 1.807) is 10.9 Å². The molecule has 3 rings (SSSR count). The minimum Gasteiger partial charge on any atom is -0.419 e. The maximum absolute atomic E-state index is 5.75. The molecule has 0 saturated heterocycles. The van der Waals surface area contributed by atoms with Crippen molar-refractivity contribution in [2.45, 2.75) is 26.4 Å². The summed E-state index contributed by atoms with van der Waals surface area (Å²) in [7, 11) is 0. The van der Waals surface area contributed by atoms with Crippen molar-refractivity contribution in [3.05, 3.63) is 47.6 Å². The van der Waals surface area contributed by atoms with E-state index >= 15 is 0 Å². The predicted octanol–water partition coefficient (Wildman–Crippen LogP) is 1.70. The molecule has 1 unspecified atom stereocenters. The highest BCUT2D eigenvalue weighted by Crippen LogP contribution is 2.19. The second-order valence-electron chi connectivity index (χ2n) is 5.00. The third kappa shape index (κ3) is 2.97. The predicted molar refractivity (Wildman–Crippen MR) is 76.2 cm³/mol. The first-order valence-corrected chi connectivity index (χ1v) is 6.67. The molecule has 0 aliphatic rings. The number of aromatic nitrogens is 5. The Balaban J connectivity index is 1.78. The lowest BCUT2D eigenvalue weighted by atomic mass is 10.1. The zero-order chi connectivity index (χ0) is 14.8. The zero-order valence-corrected chi connectivity index (χ0v) is 11.9. The van der Waals surface area contributed by atoms with E-state index in [9.17, 15) is 0 Å². The van der Waals surface area contributed by atoms with Crippen LogP contribution in [0.2, 0.25) is 0 Å². The fraction of sp³-hybridized carbons (Fsp3) is 0.286. The fourth-order valence-corrected chi connectivity index (χ4v) is 1.95. The van der Waals surface area contributed by atoms with Gasteiger partial charge >= 0.3 is 0 Å². The van der Waals surface area contributed by atoms with Crippen molar-refractivity contribution in [1.29, 1.82) is 0 Å². The van der Waals surface area contributed by atoms with Gasteiger partial charge in [-0.15, -0.1) is 15.3 Å². The molecule has 0 saturated carbocycles. The lowest BCUT2D eigenvalue weighted by molar-refractivity contribution is 0.469. The summed E-state index contributed by atoms with van der Waals surface area (Å²) in [5.74, 6) is 0.980. The van der Waals surface area contributed by atoms with E-state index in [0.717, 1.165) is 16.8 Å². The van der Waals surface area contributed by atoms with Crippen LogP contribution in [0.25, 0.3) is 11.5 Å². The molecule has 2 N–H and O–H groups in total. The second kappa shape index (κ2) is 5.45. The van der Waals surface area contributed by atoms with Crippen LogP contribution >= 0.6 is 0 Å². The van der Waals surface area contributed by atoms with Gasteiger partial charge in [0.15, 0.2) is 0 Å². The van der Waals surface area contributed by atoms with Gasteiger partial charge in [-0.1, -0.05) is 22.9 Å². The maximum Gasteiger partial charge on any atom is 0.247 e. The maximum atomic E-state index is 5.75. The van der Waals surface area contributed by atoms with E-state index in [4.69, 9.17) is 10.2 Å². The monoisotopic (exact) mass is 284 g/mol. The van der Waals surface area contributed by atoms with Gasteiger partial charge in [0, 0.05) is 11.6 Å². The van der Waals surface area contributed by atoms with Gasteiger partial charge in [0.05, 0.1) is 11.9 Å². The van der Waals surface area contributed by atoms with E-state index in [0.29, 0.717) is 18.3 Å². The van der Waals surface area contributed by atoms with Gasteiger partial charge < -0.3 is 10.2 Å². The minimum absolute atomic E-state index is 0.149. The highest BCUT2D eigenvalue weighted by atomic mass is 16.4.